The monoisotopic (exact) mass is 787 g/mol. The van der Waals surface area contributed by atoms with Gasteiger partial charge in [-0.3, -0.25) is 9.36 Å². The van der Waals surface area contributed by atoms with Crippen LogP contribution in [-0.2, 0) is 18.4 Å². The van der Waals surface area contributed by atoms with E-state index in [9.17, 15) is 19.4 Å². The molecule has 0 aromatic rings. The summed E-state index contributed by atoms with van der Waals surface area (Å²) in [6, 6.07) is -0.878. The molecule has 0 fully saturated rings. The summed E-state index contributed by atoms with van der Waals surface area (Å²) in [4.78, 5) is 25.2. The van der Waals surface area contributed by atoms with Crippen LogP contribution in [-0.4, -0.2) is 68.5 Å². The first-order valence-corrected chi connectivity index (χ1v) is 24.5. The van der Waals surface area contributed by atoms with Crippen LogP contribution in [0.2, 0.25) is 0 Å². The summed E-state index contributed by atoms with van der Waals surface area (Å²) in [5.41, 5.74) is 0. The Balaban J connectivity index is 4.20. The molecule has 54 heavy (non-hydrogen) atoms. The fourth-order valence-electron chi connectivity index (χ4n) is 6.80. The van der Waals surface area contributed by atoms with E-state index in [0.717, 1.165) is 38.5 Å². The SMILES string of the molecule is CCCCCCCCCC/C=C/[C@@H](O)[C@H](COP(=O)([O-])OCC[N+](C)(C)C)NC(=O)CCCCCCCCCCCCCCCCCCCCCCCC. The molecule has 8 nitrogen and oxygen atoms in total. The van der Waals surface area contributed by atoms with Crippen molar-refractivity contribution in [2.45, 2.75) is 231 Å². The second-order valence-electron chi connectivity index (χ2n) is 17.1. The number of carbonyl (C=O) groups is 1. The number of amides is 1. The number of quaternary nitrogens is 1. The Bertz CT molecular complexity index is 896. The van der Waals surface area contributed by atoms with Crippen LogP contribution in [0.4, 0.5) is 0 Å². The van der Waals surface area contributed by atoms with Gasteiger partial charge in [0.2, 0.25) is 5.91 Å². The minimum absolute atomic E-state index is 0.00186. The molecule has 1 amide bonds. The lowest BCUT2D eigenvalue weighted by Gasteiger charge is -2.29. The lowest BCUT2D eigenvalue weighted by atomic mass is 10.0. The molecule has 0 spiro atoms. The highest BCUT2D eigenvalue weighted by Crippen LogP contribution is 2.38. The molecule has 0 radical (unpaired) electrons. The minimum Gasteiger partial charge on any atom is -0.756 e. The maximum absolute atomic E-state index is 12.8. The first kappa shape index (κ1) is 53.2. The molecule has 322 valence electrons. The third-order valence-corrected chi connectivity index (χ3v) is 11.5. The van der Waals surface area contributed by atoms with E-state index in [-0.39, 0.29) is 19.1 Å². The van der Waals surface area contributed by atoms with Crippen molar-refractivity contribution in [2.75, 3.05) is 40.9 Å². The quantitative estimate of drug-likeness (QED) is 0.0276. The normalized spacial score (nSPS) is 14.4. The van der Waals surface area contributed by atoms with Gasteiger partial charge in [-0.05, 0) is 19.3 Å². The van der Waals surface area contributed by atoms with Gasteiger partial charge in [0.05, 0.1) is 39.9 Å². The van der Waals surface area contributed by atoms with Crippen molar-refractivity contribution in [1.29, 1.82) is 0 Å². The lowest BCUT2D eigenvalue weighted by Crippen LogP contribution is -2.45. The molecule has 0 aliphatic heterocycles. The van der Waals surface area contributed by atoms with Crippen LogP contribution in [0.25, 0.3) is 0 Å². The van der Waals surface area contributed by atoms with E-state index < -0.39 is 20.0 Å². The highest BCUT2D eigenvalue weighted by Gasteiger charge is 2.23. The van der Waals surface area contributed by atoms with Crippen molar-refractivity contribution < 1.29 is 32.9 Å². The van der Waals surface area contributed by atoms with Crippen LogP contribution >= 0.6 is 7.82 Å². The van der Waals surface area contributed by atoms with Crippen molar-refractivity contribution in [1.82, 2.24) is 5.32 Å². The van der Waals surface area contributed by atoms with E-state index in [2.05, 4.69) is 19.2 Å². The second kappa shape index (κ2) is 37.8. The van der Waals surface area contributed by atoms with E-state index >= 15 is 0 Å². The number of nitrogens with zero attached hydrogens (tertiary/aromatic N) is 1. The largest absolute Gasteiger partial charge is 0.756 e. The Kier molecular flexibility index (Phi) is 37.3. The maximum atomic E-state index is 12.8. The summed E-state index contributed by atoms with van der Waals surface area (Å²) in [6.45, 7) is 4.64. The zero-order valence-electron chi connectivity index (χ0n) is 36.4. The van der Waals surface area contributed by atoms with Gasteiger partial charge in [0.15, 0.2) is 0 Å². The average molecular weight is 787 g/mol. The highest BCUT2D eigenvalue weighted by molar-refractivity contribution is 7.45. The van der Waals surface area contributed by atoms with Gasteiger partial charge in [-0.2, -0.15) is 0 Å². The van der Waals surface area contributed by atoms with Gasteiger partial charge < -0.3 is 28.8 Å². The molecular formula is C45H91N2O6P. The van der Waals surface area contributed by atoms with Crippen molar-refractivity contribution >= 4 is 13.7 Å². The zero-order valence-corrected chi connectivity index (χ0v) is 37.3. The molecule has 0 bridgehead atoms. The van der Waals surface area contributed by atoms with Crippen molar-refractivity contribution in [3.05, 3.63) is 12.2 Å². The first-order chi connectivity index (χ1) is 26.0. The molecule has 0 heterocycles. The van der Waals surface area contributed by atoms with Gasteiger partial charge in [0.25, 0.3) is 7.82 Å². The van der Waals surface area contributed by atoms with Gasteiger partial charge in [0, 0.05) is 6.42 Å². The number of nitrogens with one attached hydrogen (secondary N) is 1. The molecule has 0 rings (SSSR count). The maximum Gasteiger partial charge on any atom is 0.268 e. The summed E-state index contributed by atoms with van der Waals surface area (Å²) >= 11 is 0. The fraction of sp³-hybridized carbons (Fsp3) is 0.933. The highest BCUT2D eigenvalue weighted by atomic mass is 31.2. The Labute approximate surface area is 335 Å². The fourth-order valence-corrected chi connectivity index (χ4v) is 7.52. The number of likely N-dealkylation sites (N-methyl/N-ethyl adjacent to an activating group) is 1. The van der Waals surface area contributed by atoms with Crippen LogP contribution in [0, 0.1) is 0 Å². The molecule has 0 aliphatic carbocycles. The Morgan fingerprint density at radius 3 is 1.39 bits per heavy atom. The van der Waals surface area contributed by atoms with E-state index in [1.54, 1.807) is 6.08 Å². The molecule has 0 saturated heterocycles. The number of hydrogen-bond donors (Lipinski definition) is 2. The van der Waals surface area contributed by atoms with Gasteiger partial charge in [0.1, 0.15) is 13.2 Å². The van der Waals surface area contributed by atoms with E-state index in [4.69, 9.17) is 9.05 Å². The second-order valence-corrected chi connectivity index (χ2v) is 18.5. The van der Waals surface area contributed by atoms with Crippen LogP contribution < -0.4 is 10.2 Å². The molecule has 0 aromatic carbocycles. The van der Waals surface area contributed by atoms with Gasteiger partial charge in [-0.25, -0.2) is 0 Å². The van der Waals surface area contributed by atoms with Crippen molar-refractivity contribution in [2.24, 2.45) is 0 Å². The van der Waals surface area contributed by atoms with Crippen LogP contribution in [0.3, 0.4) is 0 Å². The molecule has 3 atom stereocenters. The van der Waals surface area contributed by atoms with Gasteiger partial charge in [-0.15, -0.1) is 0 Å². The predicted molar refractivity (Wildman–Crippen MR) is 229 cm³/mol. The third kappa shape index (κ3) is 39.5. The molecular weight excluding hydrogens is 695 g/mol. The van der Waals surface area contributed by atoms with Crippen LogP contribution in [0.1, 0.15) is 219 Å². The Morgan fingerprint density at radius 2 is 1.00 bits per heavy atom. The standard InChI is InChI=1S/C45H91N2O6P/c1-6-8-10-12-14-16-18-19-20-21-22-23-24-25-26-27-28-29-31-33-35-37-39-45(49)46-43(42-53-54(50,51)52-41-40-47(3,4)5)44(48)38-36-34-32-30-17-15-13-11-9-7-2/h36,38,43-44,48H,6-35,37,39-42H2,1-5H3,(H-,46,49,50,51)/b38-36+/t43-,44+/m0/s1. The van der Waals surface area contributed by atoms with E-state index in [0.29, 0.717) is 17.4 Å². The van der Waals surface area contributed by atoms with E-state index in [1.807, 2.05) is 27.2 Å². The van der Waals surface area contributed by atoms with Crippen LogP contribution in [0.15, 0.2) is 12.2 Å². The molecule has 1 unspecified atom stereocenters. The number of phosphoric ester groups is 1. The third-order valence-electron chi connectivity index (χ3n) is 10.5. The number of aliphatic hydroxyl groups is 1. The van der Waals surface area contributed by atoms with E-state index in [1.165, 1.54) is 161 Å². The number of rotatable bonds is 42. The molecule has 0 aromatic heterocycles. The molecule has 9 heteroatoms. The summed E-state index contributed by atoms with van der Waals surface area (Å²) < 4.78 is 23.2. The summed E-state index contributed by atoms with van der Waals surface area (Å²) in [5.74, 6) is -0.195. The minimum atomic E-state index is -4.58. The first-order valence-electron chi connectivity index (χ1n) is 23.1. The van der Waals surface area contributed by atoms with Crippen molar-refractivity contribution in [3.63, 3.8) is 0 Å². The topological polar surface area (TPSA) is 108 Å². The van der Waals surface area contributed by atoms with Crippen LogP contribution in [0.5, 0.6) is 0 Å². The predicted octanol–water partition coefficient (Wildman–Crippen LogP) is 12.1. The Morgan fingerprint density at radius 1 is 0.630 bits per heavy atom. The van der Waals surface area contributed by atoms with Gasteiger partial charge >= 0.3 is 0 Å². The Hall–Kier alpha value is -0.760. The number of phosphoric acid groups is 1. The molecule has 0 aliphatic rings. The number of hydrogen-bond acceptors (Lipinski definition) is 6. The smallest absolute Gasteiger partial charge is 0.268 e. The zero-order chi connectivity index (χ0) is 40.0. The lowest BCUT2D eigenvalue weighted by molar-refractivity contribution is -0.870. The van der Waals surface area contributed by atoms with Crippen molar-refractivity contribution in [3.8, 4) is 0 Å². The summed E-state index contributed by atoms with van der Waals surface area (Å²) in [5, 5.41) is 13.7. The average Bonchev–Trinajstić information content (AvgIpc) is 3.12. The van der Waals surface area contributed by atoms with Gasteiger partial charge in [-0.1, -0.05) is 206 Å². The number of aliphatic hydroxyl groups excluding tert-OH is 1. The molecule has 2 N–H and O–H groups in total. The number of unbranched alkanes of at least 4 members (excludes halogenated alkanes) is 29. The summed E-state index contributed by atoms with van der Waals surface area (Å²) in [7, 11) is 1.27. The number of allylic oxidation sites excluding steroid dienone is 1. The molecule has 0 saturated carbocycles. The summed E-state index contributed by atoms with van der Waals surface area (Å²) in [6.07, 6.45) is 42.7. The number of carbonyl (C=O) groups excluding carboxylic acids is 1.